The highest BCUT2D eigenvalue weighted by Crippen LogP contribution is 2.38. The number of rotatable bonds is 3. The van der Waals surface area contributed by atoms with Gasteiger partial charge in [0.1, 0.15) is 0 Å². The van der Waals surface area contributed by atoms with Gasteiger partial charge in [-0.3, -0.25) is 0 Å². The molecule has 2 rings (SSSR count). The molecule has 0 amide bonds. The van der Waals surface area contributed by atoms with Crippen LogP contribution in [0.5, 0.6) is 0 Å². The molecule has 1 aliphatic rings. The second kappa shape index (κ2) is 6.69. The Labute approximate surface area is 124 Å². The molecule has 0 radical (unpaired) electrons. The average molecular weight is 381 g/mol. The van der Waals surface area contributed by atoms with Crippen molar-refractivity contribution in [3.05, 3.63) is 19.2 Å². The molecule has 96 valence electrons. The first kappa shape index (κ1) is 14.0. The van der Waals surface area contributed by atoms with Crippen molar-refractivity contribution < 1.29 is 0 Å². The van der Waals surface area contributed by atoms with E-state index in [1.54, 1.807) is 11.3 Å². The number of halogens is 2. The molecule has 0 aliphatic heterocycles. The number of nitrogens with two attached hydrogens (primary N) is 1. The molecule has 1 fully saturated rings. The first-order valence-corrected chi connectivity index (χ1v) is 8.77. The van der Waals surface area contributed by atoms with Crippen molar-refractivity contribution in [2.45, 2.75) is 51.0 Å². The van der Waals surface area contributed by atoms with E-state index >= 15 is 0 Å². The lowest BCUT2D eigenvalue weighted by molar-refractivity contribution is 0.393. The van der Waals surface area contributed by atoms with Gasteiger partial charge in [-0.2, -0.15) is 0 Å². The highest BCUT2D eigenvalue weighted by molar-refractivity contribution is 9.12. The Hall–Kier alpha value is 0.620. The first-order valence-electron chi connectivity index (χ1n) is 6.37. The first-order chi connectivity index (χ1) is 8.16. The standard InChI is InChI=1S/C13H19Br2NS/c14-12-8-10(13(15)17-12)11(16)7-9-5-3-1-2-4-6-9/h8-9,11H,1-7,16H2. The maximum Gasteiger partial charge on any atom is 0.0758 e. The van der Waals surface area contributed by atoms with Crippen LogP contribution in [0.1, 0.15) is 56.6 Å². The zero-order valence-corrected chi connectivity index (χ0v) is 13.9. The van der Waals surface area contributed by atoms with Crippen LogP contribution >= 0.6 is 43.2 Å². The predicted molar refractivity (Wildman–Crippen MR) is 82.5 cm³/mol. The molecule has 1 aliphatic carbocycles. The summed E-state index contributed by atoms with van der Waals surface area (Å²) in [7, 11) is 0. The van der Waals surface area contributed by atoms with Crippen molar-refractivity contribution in [1.29, 1.82) is 0 Å². The second-order valence-electron chi connectivity index (χ2n) is 4.98. The van der Waals surface area contributed by atoms with Crippen LogP contribution in [-0.4, -0.2) is 0 Å². The van der Waals surface area contributed by atoms with Gasteiger partial charge in [0.25, 0.3) is 0 Å². The van der Waals surface area contributed by atoms with E-state index in [1.165, 1.54) is 47.9 Å². The van der Waals surface area contributed by atoms with E-state index in [2.05, 4.69) is 37.9 Å². The van der Waals surface area contributed by atoms with Gasteiger partial charge in [0.2, 0.25) is 0 Å². The molecule has 1 nitrogen and oxygen atoms in total. The summed E-state index contributed by atoms with van der Waals surface area (Å²) >= 11 is 8.85. The fourth-order valence-electron chi connectivity index (χ4n) is 2.69. The van der Waals surface area contributed by atoms with Crippen LogP contribution in [-0.2, 0) is 0 Å². The van der Waals surface area contributed by atoms with Crippen molar-refractivity contribution in [1.82, 2.24) is 0 Å². The number of hydrogen-bond acceptors (Lipinski definition) is 2. The largest absolute Gasteiger partial charge is 0.324 e. The van der Waals surface area contributed by atoms with Gasteiger partial charge in [-0.1, -0.05) is 38.5 Å². The van der Waals surface area contributed by atoms with Crippen LogP contribution in [0.25, 0.3) is 0 Å². The Morgan fingerprint density at radius 2 is 1.88 bits per heavy atom. The zero-order valence-electron chi connectivity index (χ0n) is 9.92. The summed E-state index contributed by atoms with van der Waals surface area (Å²) in [5.74, 6) is 0.832. The third-order valence-corrected chi connectivity index (χ3v) is 6.03. The quantitative estimate of drug-likeness (QED) is 0.675. The zero-order chi connectivity index (χ0) is 12.3. The second-order valence-corrected chi connectivity index (χ2v) is 8.73. The highest BCUT2D eigenvalue weighted by Gasteiger charge is 2.19. The Morgan fingerprint density at radius 3 is 2.41 bits per heavy atom. The van der Waals surface area contributed by atoms with Gasteiger partial charge in [-0.25, -0.2) is 0 Å². The Morgan fingerprint density at radius 1 is 1.24 bits per heavy atom. The SMILES string of the molecule is NC(CC1CCCCCC1)c1cc(Br)sc1Br. The molecule has 1 aromatic heterocycles. The van der Waals surface area contributed by atoms with Crippen LogP contribution in [0.15, 0.2) is 13.6 Å². The molecule has 1 unspecified atom stereocenters. The van der Waals surface area contributed by atoms with Crippen molar-refractivity contribution in [2.75, 3.05) is 0 Å². The van der Waals surface area contributed by atoms with Crippen molar-refractivity contribution in [3.63, 3.8) is 0 Å². The lowest BCUT2D eigenvalue weighted by Gasteiger charge is -2.19. The minimum Gasteiger partial charge on any atom is -0.324 e. The molecule has 1 saturated carbocycles. The lowest BCUT2D eigenvalue weighted by Crippen LogP contribution is -2.15. The van der Waals surface area contributed by atoms with Crippen LogP contribution < -0.4 is 5.73 Å². The van der Waals surface area contributed by atoms with E-state index in [4.69, 9.17) is 5.73 Å². The van der Waals surface area contributed by atoms with E-state index in [9.17, 15) is 0 Å². The summed E-state index contributed by atoms with van der Waals surface area (Å²) in [6.45, 7) is 0. The van der Waals surface area contributed by atoms with Gasteiger partial charge in [0.05, 0.1) is 7.57 Å². The van der Waals surface area contributed by atoms with Gasteiger partial charge < -0.3 is 5.73 Å². The van der Waals surface area contributed by atoms with E-state index in [1.807, 2.05) is 0 Å². The monoisotopic (exact) mass is 379 g/mol. The number of thiophene rings is 1. The Kier molecular flexibility index (Phi) is 5.52. The molecular formula is C13H19Br2NS. The van der Waals surface area contributed by atoms with Gasteiger partial charge in [0, 0.05) is 6.04 Å². The van der Waals surface area contributed by atoms with Crippen molar-refractivity contribution >= 4 is 43.2 Å². The molecule has 0 spiro atoms. The lowest BCUT2D eigenvalue weighted by atomic mass is 9.91. The molecule has 0 bridgehead atoms. The predicted octanol–water partition coefficient (Wildman–Crippen LogP) is 5.63. The molecule has 1 heterocycles. The normalized spacial score (nSPS) is 20.2. The summed E-state index contributed by atoms with van der Waals surface area (Å²) in [5.41, 5.74) is 7.62. The summed E-state index contributed by atoms with van der Waals surface area (Å²) in [6.07, 6.45) is 9.51. The van der Waals surface area contributed by atoms with Crippen molar-refractivity contribution in [3.8, 4) is 0 Å². The van der Waals surface area contributed by atoms with Crippen LogP contribution in [0.2, 0.25) is 0 Å². The van der Waals surface area contributed by atoms with Gasteiger partial charge >= 0.3 is 0 Å². The third kappa shape index (κ3) is 4.05. The highest BCUT2D eigenvalue weighted by atomic mass is 79.9. The van der Waals surface area contributed by atoms with Crippen LogP contribution in [0.3, 0.4) is 0 Å². The van der Waals surface area contributed by atoms with Gasteiger partial charge in [-0.15, -0.1) is 11.3 Å². The fourth-order valence-corrected chi connectivity index (χ4v) is 5.69. The third-order valence-electron chi connectivity index (χ3n) is 3.64. The van der Waals surface area contributed by atoms with Crippen molar-refractivity contribution in [2.24, 2.45) is 11.7 Å². The van der Waals surface area contributed by atoms with E-state index in [0.29, 0.717) is 0 Å². The fraction of sp³-hybridized carbons (Fsp3) is 0.692. The average Bonchev–Trinajstić information content (AvgIpc) is 2.51. The molecule has 1 aromatic rings. The maximum atomic E-state index is 6.35. The summed E-state index contributed by atoms with van der Waals surface area (Å²) in [5, 5.41) is 0. The molecular weight excluding hydrogens is 362 g/mol. The smallest absolute Gasteiger partial charge is 0.0758 e. The molecule has 0 aromatic carbocycles. The molecule has 2 N–H and O–H groups in total. The molecule has 17 heavy (non-hydrogen) atoms. The summed E-state index contributed by atoms with van der Waals surface area (Å²) in [4.78, 5) is 0. The van der Waals surface area contributed by atoms with Gasteiger partial charge in [-0.05, 0) is 55.8 Å². The maximum absolute atomic E-state index is 6.35. The van der Waals surface area contributed by atoms with E-state index in [0.717, 1.165) is 16.1 Å². The minimum atomic E-state index is 0.190. The van der Waals surface area contributed by atoms with Crippen LogP contribution in [0, 0.1) is 5.92 Å². The van der Waals surface area contributed by atoms with E-state index < -0.39 is 0 Å². The minimum absolute atomic E-state index is 0.190. The number of hydrogen-bond donors (Lipinski definition) is 1. The van der Waals surface area contributed by atoms with E-state index in [-0.39, 0.29) is 6.04 Å². The Balaban J connectivity index is 1.95. The summed E-state index contributed by atoms with van der Waals surface area (Å²) < 4.78 is 2.35. The van der Waals surface area contributed by atoms with Crippen LogP contribution in [0.4, 0.5) is 0 Å². The molecule has 4 heteroatoms. The topological polar surface area (TPSA) is 26.0 Å². The molecule has 1 atom stereocenters. The molecule has 0 saturated heterocycles. The van der Waals surface area contributed by atoms with Gasteiger partial charge in [0.15, 0.2) is 0 Å². The Bertz CT molecular complexity index is 356. The summed E-state index contributed by atoms with van der Waals surface area (Å²) in [6, 6.07) is 2.35.